The average Bonchev–Trinajstić information content (AvgIpc) is 3.36. The minimum atomic E-state index is -1.55. The molecule has 0 aliphatic carbocycles. The molecule has 1 heterocycles. The molecule has 8 nitrogen and oxygen atoms in total. The summed E-state index contributed by atoms with van der Waals surface area (Å²) >= 11 is 0. The van der Waals surface area contributed by atoms with Crippen molar-refractivity contribution in [2.24, 2.45) is 0 Å². The zero-order chi connectivity index (χ0) is 24.7. The van der Waals surface area contributed by atoms with E-state index in [1.165, 1.54) is 19.2 Å². The van der Waals surface area contributed by atoms with E-state index in [0.717, 1.165) is 16.9 Å². The number of benzene rings is 2. The molecule has 8 heteroatoms. The number of aryl methyl sites for hydroxylation is 1. The molecule has 3 rings (SSSR count). The predicted octanol–water partition coefficient (Wildman–Crippen LogP) is 2.70. The summed E-state index contributed by atoms with van der Waals surface area (Å²) in [5.41, 5.74) is 0.0865. The predicted molar refractivity (Wildman–Crippen MR) is 126 cm³/mol. The molecule has 0 saturated carbocycles. The van der Waals surface area contributed by atoms with E-state index in [4.69, 9.17) is 4.74 Å². The van der Waals surface area contributed by atoms with Crippen molar-refractivity contribution in [3.05, 3.63) is 59.7 Å². The van der Waals surface area contributed by atoms with Crippen molar-refractivity contribution in [3.63, 3.8) is 0 Å². The van der Waals surface area contributed by atoms with Gasteiger partial charge in [-0.15, -0.1) is 0 Å². The van der Waals surface area contributed by atoms with Crippen molar-refractivity contribution >= 4 is 17.8 Å². The van der Waals surface area contributed by atoms with Crippen molar-refractivity contribution < 1.29 is 29.3 Å². The number of rotatable bonds is 9. The SMILES string of the molecule is COC(=O)[C@](C)(Cc1ccc(O)cc1)N(C(=O)CCCc1ccc(O)cc1)C(=O)[C@@H]1CCCN1. The Bertz CT molecular complexity index is 999. The number of phenolic OH excluding ortho intramolecular Hbond substituents is 2. The van der Waals surface area contributed by atoms with Gasteiger partial charge in [0.25, 0.3) is 0 Å². The molecule has 34 heavy (non-hydrogen) atoms. The Morgan fingerprint density at radius 1 is 1.03 bits per heavy atom. The maximum atomic E-state index is 13.5. The minimum absolute atomic E-state index is 0.0577. The maximum absolute atomic E-state index is 13.5. The standard InChI is InChI=1S/C26H32N2O6/c1-26(25(33)34-2,17-19-10-14-21(30)15-11-19)28(24(32)22-6-4-16-27-22)23(31)7-3-5-18-8-12-20(29)13-9-18/h8-15,22,27,29-30H,3-7,16-17H2,1-2H3/t22-,26-/m0/s1. The van der Waals surface area contributed by atoms with Crippen molar-refractivity contribution in [2.45, 2.75) is 57.0 Å². The summed E-state index contributed by atoms with van der Waals surface area (Å²) in [4.78, 5) is 41.1. The third kappa shape index (κ3) is 5.94. The van der Waals surface area contributed by atoms with E-state index in [1.807, 2.05) is 0 Å². The highest BCUT2D eigenvalue weighted by molar-refractivity contribution is 6.03. The molecule has 0 bridgehead atoms. The molecule has 1 aliphatic rings. The molecule has 1 fully saturated rings. The first-order chi connectivity index (χ1) is 16.2. The summed E-state index contributed by atoms with van der Waals surface area (Å²) in [7, 11) is 1.24. The minimum Gasteiger partial charge on any atom is -0.508 e. The van der Waals surface area contributed by atoms with Crippen molar-refractivity contribution in [2.75, 3.05) is 13.7 Å². The number of methoxy groups -OCH3 is 1. The fourth-order valence-electron chi connectivity index (χ4n) is 4.38. The van der Waals surface area contributed by atoms with E-state index in [2.05, 4.69) is 5.32 Å². The molecule has 1 aliphatic heterocycles. The van der Waals surface area contributed by atoms with Crippen LogP contribution < -0.4 is 5.32 Å². The van der Waals surface area contributed by atoms with Crippen LogP contribution in [0.2, 0.25) is 0 Å². The van der Waals surface area contributed by atoms with Crippen molar-refractivity contribution in [1.82, 2.24) is 10.2 Å². The summed E-state index contributed by atoms with van der Waals surface area (Å²) in [6.07, 6.45) is 2.59. The molecule has 0 aromatic heterocycles. The second kappa shape index (κ2) is 11.2. The van der Waals surface area contributed by atoms with Gasteiger partial charge < -0.3 is 20.3 Å². The Hall–Kier alpha value is -3.39. The van der Waals surface area contributed by atoms with Gasteiger partial charge in [-0.3, -0.25) is 14.5 Å². The first-order valence-electron chi connectivity index (χ1n) is 11.5. The van der Waals surface area contributed by atoms with Crippen LogP contribution in [0.25, 0.3) is 0 Å². The lowest BCUT2D eigenvalue weighted by Crippen LogP contribution is -2.62. The quantitative estimate of drug-likeness (QED) is 0.485. The van der Waals surface area contributed by atoms with Crippen LogP contribution in [0.4, 0.5) is 0 Å². The number of aromatic hydroxyl groups is 2. The number of ether oxygens (including phenoxy) is 1. The van der Waals surface area contributed by atoms with E-state index in [9.17, 15) is 24.6 Å². The normalized spacial score (nSPS) is 17.1. The highest BCUT2D eigenvalue weighted by Gasteiger charge is 2.48. The van der Waals surface area contributed by atoms with Crippen LogP contribution in [0.5, 0.6) is 11.5 Å². The van der Waals surface area contributed by atoms with Gasteiger partial charge in [0.1, 0.15) is 17.0 Å². The number of phenols is 2. The van der Waals surface area contributed by atoms with Gasteiger partial charge in [0.15, 0.2) is 0 Å². The third-order valence-electron chi connectivity index (χ3n) is 6.22. The van der Waals surface area contributed by atoms with E-state index in [-0.39, 0.29) is 24.3 Å². The van der Waals surface area contributed by atoms with Crippen LogP contribution in [-0.2, 0) is 32.0 Å². The average molecular weight is 469 g/mol. The monoisotopic (exact) mass is 468 g/mol. The number of carbonyl (C=O) groups is 3. The Kier molecular flexibility index (Phi) is 8.28. The third-order valence-corrected chi connectivity index (χ3v) is 6.22. The maximum Gasteiger partial charge on any atom is 0.332 e. The van der Waals surface area contributed by atoms with Gasteiger partial charge in [0, 0.05) is 12.8 Å². The lowest BCUT2D eigenvalue weighted by atomic mass is 9.89. The number of esters is 1. The summed E-state index contributed by atoms with van der Waals surface area (Å²) in [5, 5.41) is 22.2. The molecule has 3 N–H and O–H groups in total. The van der Waals surface area contributed by atoms with E-state index in [1.54, 1.807) is 43.3 Å². The molecule has 2 amide bonds. The summed E-state index contributed by atoms with van der Waals surface area (Å²) in [6, 6.07) is 12.5. The fraction of sp³-hybridized carbons (Fsp3) is 0.423. The van der Waals surface area contributed by atoms with E-state index >= 15 is 0 Å². The second-order valence-electron chi connectivity index (χ2n) is 8.84. The molecule has 0 spiro atoms. The van der Waals surface area contributed by atoms with E-state index < -0.39 is 29.4 Å². The van der Waals surface area contributed by atoms with Gasteiger partial charge >= 0.3 is 5.97 Å². The fourth-order valence-corrected chi connectivity index (χ4v) is 4.38. The molecular weight excluding hydrogens is 436 g/mol. The van der Waals surface area contributed by atoms with Crippen LogP contribution >= 0.6 is 0 Å². The zero-order valence-electron chi connectivity index (χ0n) is 19.6. The number of carbonyl (C=O) groups excluding carboxylic acids is 3. The molecule has 0 radical (unpaired) electrons. The molecule has 182 valence electrons. The van der Waals surface area contributed by atoms with Gasteiger partial charge in [-0.1, -0.05) is 24.3 Å². The molecule has 2 aromatic rings. The van der Waals surface area contributed by atoms with Crippen LogP contribution in [0, 0.1) is 0 Å². The van der Waals surface area contributed by atoms with E-state index in [0.29, 0.717) is 31.4 Å². The smallest absolute Gasteiger partial charge is 0.332 e. The van der Waals surface area contributed by atoms with Crippen LogP contribution in [0.15, 0.2) is 48.5 Å². The number of nitrogens with one attached hydrogen (secondary N) is 1. The zero-order valence-corrected chi connectivity index (χ0v) is 19.6. The molecule has 2 aromatic carbocycles. The second-order valence-corrected chi connectivity index (χ2v) is 8.84. The largest absolute Gasteiger partial charge is 0.508 e. The lowest BCUT2D eigenvalue weighted by Gasteiger charge is -2.39. The first-order valence-corrected chi connectivity index (χ1v) is 11.5. The van der Waals surface area contributed by atoms with Gasteiger partial charge in [-0.2, -0.15) is 0 Å². The summed E-state index contributed by atoms with van der Waals surface area (Å²) < 4.78 is 5.06. The number of nitrogens with zero attached hydrogens (tertiary/aromatic N) is 1. The Morgan fingerprint density at radius 3 is 2.15 bits per heavy atom. The van der Waals surface area contributed by atoms with Crippen molar-refractivity contribution in [1.29, 1.82) is 0 Å². The number of hydrogen-bond donors (Lipinski definition) is 3. The Morgan fingerprint density at radius 2 is 1.62 bits per heavy atom. The first kappa shape index (κ1) is 25.2. The van der Waals surface area contributed by atoms with Crippen LogP contribution in [0.1, 0.15) is 43.7 Å². The number of hydrogen-bond acceptors (Lipinski definition) is 7. The van der Waals surface area contributed by atoms with Gasteiger partial charge in [-0.05, 0) is 74.5 Å². The summed E-state index contributed by atoms with van der Waals surface area (Å²) in [6.45, 7) is 2.22. The Balaban J connectivity index is 1.86. The van der Waals surface area contributed by atoms with Crippen LogP contribution in [0.3, 0.4) is 0 Å². The topological polar surface area (TPSA) is 116 Å². The Labute approximate surface area is 199 Å². The lowest BCUT2D eigenvalue weighted by molar-refractivity contribution is -0.168. The molecule has 1 saturated heterocycles. The highest BCUT2D eigenvalue weighted by Crippen LogP contribution is 2.28. The van der Waals surface area contributed by atoms with Gasteiger partial charge in [0.05, 0.1) is 13.2 Å². The molecule has 2 atom stereocenters. The molecular formula is C26H32N2O6. The van der Waals surface area contributed by atoms with Gasteiger partial charge in [-0.25, -0.2) is 4.79 Å². The summed E-state index contributed by atoms with van der Waals surface area (Å²) in [5.74, 6) is -1.30. The highest BCUT2D eigenvalue weighted by atomic mass is 16.5. The number of amides is 2. The van der Waals surface area contributed by atoms with Gasteiger partial charge in [0.2, 0.25) is 11.8 Å². The molecule has 0 unspecified atom stereocenters. The van der Waals surface area contributed by atoms with Crippen molar-refractivity contribution in [3.8, 4) is 11.5 Å². The van der Waals surface area contributed by atoms with Crippen LogP contribution in [-0.4, -0.2) is 58.1 Å². The number of imide groups is 1.